The first-order valence-corrected chi connectivity index (χ1v) is 10.5. The fourth-order valence-corrected chi connectivity index (χ4v) is 4.04. The molecule has 0 unspecified atom stereocenters. The number of sulfonamides is 1. The zero-order valence-electron chi connectivity index (χ0n) is 16.0. The Kier molecular flexibility index (Phi) is 9.14. The van der Waals surface area contributed by atoms with E-state index in [1.165, 1.54) is 19.3 Å². The number of carbonyl (C=O) groups excluding carboxylic acids is 1. The molecule has 0 aromatic heterocycles. The minimum absolute atomic E-state index is 0.173. The molecule has 1 rings (SSSR count). The summed E-state index contributed by atoms with van der Waals surface area (Å²) in [5.41, 5.74) is 1.69. The summed E-state index contributed by atoms with van der Waals surface area (Å²) in [4.78, 5) is 14.1. The van der Waals surface area contributed by atoms with Crippen molar-refractivity contribution >= 4 is 15.9 Å². The van der Waals surface area contributed by atoms with Crippen molar-refractivity contribution in [3.05, 3.63) is 29.3 Å². The largest absolute Gasteiger partial charge is 0.305 e. The van der Waals surface area contributed by atoms with E-state index in [4.69, 9.17) is 0 Å². The van der Waals surface area contributed by atoms with E-state index in [1.54, 1.807) is 19.1 Å². The summed E-state index contributed by atoms with van der Waals surface area (Å²) in [6.45, 7) is 4.66. The van der Waals surface area contributed by atoms with Crippen LogP contribution < -0.4 is 4.72 Å². The second-order valence-electron chi connectivity index (χ2n) is 6.88. The number of hydrogen-bond donors (Lipinski definition) is 1. The minimum Gasteiger partial charge on any atom is -0.305 e. The number of hydrogen-bond acceptors (Lipinski definition) is 4. The predicted molar refractivity (Wildman–Crippen MR) is 102 cm³/mol. The van der Waals surface area contributed by atoms with Gasteiger partial charge in [-0.15, -0.1) is 0 Å². The van der Waals surface area contributed by atoms with E-state index in [-0.39, 0.29) is 11.3 Å². The average molecular weight is 369 g/mol. The van der Waals surface area contributed by atoms with Gasteiger partial charge in [0.1, 0.15) is 0 Å². The average Bonchev–Trinajstić information content (AvgIpc) is 2.49. The molecular formula is C19H32N2O3S. The lowest BCUT2D eigenvalue weighted by atomic mass is 10.1. The number of aryl methyl sites for hydroxylation is 1. The molecule has 0 aliphatic carbocycles. The lowest BCUT2D eigenvalue weighted by Gasteiger charge is -2.13. The molecule has 142 valence electrons. The molecule has 6 heteroatoms. The fraction of sp³-hybridized carbons (Fsp3) is 0.632. The van der Waals surface area contributed by atoms with Crippen molar-refractivity contribution in [2.75, 3.05) is 14.1 Å². The summed E-state index contributed by atoms with van der Waals surface area (Å²) < 4.78 is 27.1. The highest BCUT2D eigenvalue weighted by molar-refractivity contribution is 7.90. The third-order valence-corrected chi connectivity index (χ3v) is 5.57. The summed E-state index contributed by atoms with van der Waals surface area (Å²) >= 11 is 0. The Morgan fingerprint density at radius 2 is 1.72 bits per heavy atom. The second kappa shape index (κ2) is 10.6. The van der Waals surface area contributed by atoms with Crippen LogP contribution in [-0.4, -0.2) is 33.3 Å². The van der Waals surface area contributed by atoms with Crippen molar-refractivity contribution in [1.82, 2.24) is 9.62 Å². The van der Waals surface area contributed by atoms with E-state index < -0.39 is 15.9 Å². The molecule has 1 aromatic rings. The van der Waals surface area contributed by atoms with Crippen LogP contribution >= 0.6 is 0 Å². The number of carbonyl (C=O) groups is 1. The van der Waals surface area contributed by atoms with Crippen LogP contribution in [0.4, 0.5) is 0 Å². The number of benzene rings is 1. The Bertz CT molecular complexity index is 655. The third kappa shape index (κ3) is 8.01. The van der Waals surface area contributed by atoms with E-state index in [0.29, 0.717) is 5.56 Å². The fourth-order valence-electron chi connectivity index (χ4n) is 2.80. The Morgan fingerprint density at radius 1 is 1.08 bits per heavy atom. The molecule has 0 aliphatic heterocycles. The van der Waals surface area contributed by atoms with Crippen LogP contribution in [0.5, 0.6) is 0 Å². The van der Waals surface area contributed by atoms with Gasteiger partial charge in [0.2, 0.25) is 5.91 Å². The van der Waals surface area contributed by atoms with E-state index in [2.05, 4.69) is 11.6 Å². The third-order valence-electron chi connectivity index (χ3n) is 4.03. The van der Waals surface area contributed by atoms with Gasteiger partial charge in [0, 0.05) is 13.0 Å². The highest BCUT2D eigenvalue weighted by Crippen LogP contribution is 2.18. The highest BCUT2D eigenvalue weighted by atomic mass is 32.2. The van der Waals surface area contributed by atoms with Gasteiger partial charge in [0.05, 0.1) is 4.90 Å². The molecule has 0 saturated heterocycles. The van der Waals surface area contributed by atoms with Gasteiger partial charge in [0.15, 0.2) is 0 Å². The molecule has 0 atom stereocenters. The van der Waals surface area contributed by atoms with Gasteiger partial charge in [-0.2, -0.15) is 0 Å². The van der Waals surface area contributed by atoms with E-state index in [1.807, 2.05) is 25.1 Å². The van der Waals surface area contributed by atoms with Crippen LogP contribution in [0, 0.1) is 6.92 Å². The maximum Gasteiger partial charge on any atom is 0.264 e. The Hall–Kier alpha value is -1.40. The van der Waals surface area contributed by atoms with Crippen molar-refractivity contribution in [1.29, 1.82) is 0 Å². The molecule has 1 aromatic carbocycles. The number of rotatable bonds is 11. The molecule has 0 heterocycles. The monoisotopic (exact) mass is 368 g/mol. The van der Waals surface area contributed by atoms with Gasteiger partial charge < -0.3 is 4.90 Å². The predicted octanol–water partition coefficient (Wildman–Crippen LogP) is 3.61. The minimum atomic E-state index is -3.80. The van der Waals surface area contributed by atoms with Crippen LogP contribution in [0.25, 0.3) is 0 Å². The topological polar surface area (TPSA) is 66.5 Å². The summed E-state index contributed by atoms with van der Waals surface area (Å²) in [7, 11) is 0.122. The Balaban J connectivity index is 2.58. The van der Waals surface area contributed by atoms with Crippen LogP contribution in [-0.2, 0) is 21.4 Å². The lowest BCUT2D eigenvalue weighted by molar-refractivity contribution is -0.119. The zero-order chi connectivity index (χ0) is 18.9. The molecule has 0 fully saturated rings. The normalized spacial score (nSPS) is 11.7. The molecule has 1 amide bonds. The molecule has 1 N–H and O–H groups in total. The van der Waals surface area contributed by atoms with Crippen LogP contribution in [0.2, 0.25) is 0 Å². The molecular weight excluding hydrogens is 336 g/mol. The Labute approximate surface area is 152 Å². The first-order valence-electron chi connectivity index (χ1n) is 9.06. The van der Waals surface area contributed by atoms with Gasteiger partial charge in [0.25, 0.3) is 10.0 Å². The van der Waals surface area contributed by atoms with Crippen molar-refractivity contribution in [3.8, 4) is 0 Å². The Morgan fingerprint density at radius 3 is 2.32 bits per heavy atom. The number of nitrogens with zero attached hydrogens (tertiary/aromatic N) is 1. The molecule has 0 saturated carbocycles. The lowest BCUT2D eigenvalue weighted by Crippen LogP contribution is -2.30. The molecule has 0 radical (unpaired) electrons. The van der Waals surface area contributed by atoms with E-state index in [9.17, 15) is 13.2 Å². The van der Waals surface area contributed by atoms with Gasteiger partial charge in [-0.1, -0.05) is 51.2 Å². The summed E-state index contributed by atoms with van der Waals surface area (Å²) in [5, 5.41) is 0. The maximum atomic E-state index is 12.4. The molecule has 0 spiro atoms. The maximum absolute atomic E-state index is 12.4. The second-order valence-corrected chi connectivity index (χ2v) is 8.53. The van der Waals surface area contributed by atoms with Gasteiger partial charge in [-0.05, 0) is 44.6 Å². The molecule has 0 bridgehead atoms. The summed E-state index contributed by atoms with van der Waals surface area (Å²) in [6.07, 6.45) is 6.62. The van der Waals surface area contributed by atoms with Gasteiger partial charge in [-0.3, -0.25) is 4.79 Å². The quantitative estimate of drug-likeness (QED) is 0.606. The SMILES string of the molecule is CCCCCCCCC(=O)NS(=O)(=O)c1ccc(CN(C)C)cc1C. The smallest absolute Gasteiger partial charge is 0.264 e. The summed E-state index contributed by atoms with van der Waals surface area (Å²) in [6, 6.07) is 5.22. The molecule has 25 heavy (non-hydrogen) atoms. The highest BCUT2D eigenvalue weighted by Gasteiger charge is 2.19. The van der Waals surface area contributed by atoms with E-state index >= 15 is 0 Å². The van der Waals surface area contributed by atoms with Crippen molar-refractivity contribution in [2.24, 2.45) is 0 Å². The summed E-state index contributed by atoms with van der Waals surface area (Å²) in [5.74, 6) is -0.424. The van der Waals surface area contributed by atoms with Crippen LogP contribution in [0.3, 0.4) is 0 Å². The van der Waals surface area contributed by atoms with Crippen molar-refractivity contribution in [2.45, 2.75) is 70.2 Å². The van der Waals surface area contributed by atoms with Crippen LogP contribution in [0.15, 0.2) is 23.1 Å². The molecule has 5 nitrogen and oxygen atoms in total. The van der Waals surface area contributed by atoms with Crippen molar-refractivity contribution < 1.29 is 13.2 Å². The van der Waals surface area contributed by atoms with Crippen LogP contribution in [0.1, 0.15) is 63.0 Å². The van der Waals surface area contributed by atoms with Gasteiger partial charge in [-0.25, -0.2) is 13.1 Å². The zero-order valence-corrected chi connectivity index (χ0v) is 16.8. The standard InChI is InChI=1S/C19H32N2O3S/c1-5-6-7-8-9-10-11-19(22)20-25(23,24)18-13-12-17(14-16(18)2)15-21(3)4/h12-14H,5-11,15H2,1-4H3,(H,20,22). The molecule has 0 aliphatic rings. The van der Waals surface area contributed by atoms with Gasteiger partial charge >= 0.3 is 0 Å². The number of amides is 1. The first-order chi connectivity index (χ1) is 11.8. The number of nitrogens with one attached hydrogen (secondary N) is 1. The van der Waals surface area contributed by atoms with Crippen molar-refractivity contribution in [3.63, 3.8) is 0 Å². The number of unbranched alkanes of at least 4 members (excludes halogenated alkanes) is 5. The van der Waals surface area contributed by atoms with E-state index in [0.717, 1.165) is 31.4 Å². The first kappa shape index (κ1) is 21.6.